The molecule has 136 valence electrons. The number of hydrogen-bond acceptors (Lipinski definition) is 7. The number of aromatic nitrogens is 1. The number of nitrogen functional groups attached to an aromatic ring is 1. The van der Waals surface area contributed by atoms with Crippen LogP contribution in [0.5, 0.6) is 0 Å². The van der Waals surface area contributed by atoms with Crippen LogP contribution in [-0.2, 0) is 14.8 Å². The number of fused-ring (bicyclic) bond motifs is 1. The Labute approximate surface area is 154 Å². The number of carbonyl (C=O) groups is 1. The van der Waals surface area contributed by atoms with E-state index in [0.717, 1.165) is 22.1 Å². The van der Waals surface area contributed by atoms with Gasteiger partial charge in [-0.1, -0.05) is 23.5 Å². The Hall–Kier alpha value is -2.65. The topological polar surface area (TPSA) is 111 Å². The van der Waals surface area contributed by atoms with Crippen LogP contribution in [0.15, 0.2) is 41.3 Å². The highest BCUT2D eigenvalue weighted by atomic mass is 32.2. The minimum Gasteiger partial charge on any atom is -0.462 e. The molecule has 3 N–H and O–H groups in total. The monoisotopic (exact) mass is 391 g/mol. The molecular weight excluding hydrogens is 374 g/mol. The summed E-state index contributed by atoms with van der Waals surface area (Å²) in [5, 5.41) is 1.71. The molecule has 7 nitrogen and oxygen atoms in total. The second kappa shape index (κ2) is 6.93. The standard InChI is InChI=1S/C17H17N3O4S2/c1-3-24-16(21)15-10(2)19-17(25-15)20-26(22,23)14-7-5-11-8-13(18)6-4-12(11)9-14/h4-9H,3,18H2,1-2H3,(H,19,20). The number of ether oxygens (including phenoxy) is 1. The Kier molecular flexibility index (Phi) is 4.84. The second-order valence-electron chi connectivity index (χ2n) is 5.53. The molecule has 0 saturated heterocycles. The van der Waals surface area contributed by atoms with Gasteiger partial charge in [-0.3, -0.25) is 4.72 Å². The summed E-state index contributed by atoms with van der Waals surface area (Å²) in [6, 6.07) is 9.99. The van der Waals surface area contributed by atoms with Gasteiger partial charge < -0.3 is 10.5 Å². The Morgan fingerprint density at radius 2 is 1.92 bits per heavy atom. The zero-order valence-electron chi connectivity index (χ0n) is 14.1. The number of nitrogens with two attached hydrogens (primary N) is 1. The van der Waals surface area contributed by atoms with Crippen molar-refractivity contribution in [1.82, 2.24) is 4.98 Å². The van der Waals surface area contributed by atoms with Crippen LogP contribution in [0.3, 0.4) is 0 Å². The van der Waals surface area contributed by atoms with Crippen molar-refractivity contribution in [2.45, 2.75) is 18.7 Å². The van der Waals surface area contributed by atoms with Crippen molar-refractivity contribution in [3.05, 3.63) is 47.0 Å². The fourth-order valence-electron chi connectivity index (χ4n) is 2.41. The zero-order chi connectivity index (χ0) is 18.9. The highest BCUT2D eigenvalue weighted by Gasteiger charge is 2.21. The number of carbonyl (C=O) groups excluding carboxylic acids is 1. The molecule has 0 aliphatic rings. The first kappa shape index (κ1) is 18.2. The maximum atomic E-state index is 12.6. The predicted molar refractivity (Wildman–Crippen MR) is 102 cm³/mol. The van der Waals surface area contributed by atoms with E-state index in [2.05, 4.69) is 9.71 Å². The van der Waals surface area contributed by atoms with Gasteiger partial charge in [0.1, 0.15) is 4.88 Å². The summed E-state index contributed by atoms with van der Waals surface area (Å²) in [4.78, 5) is 16.3. The predicted octanol–water partition coefficient (Wildman–Crippen LogP) is 3.16. The molecule has 0 unspecified atom stereocenters. The van der Waals surface area contributed by atoms with Crippen molar-refractivity contribution >= 4 is 48.9 Å². The number of hydrogen-bond donors (Lipinski definition) is 2. The fraction of sp³-hybridized carbons (Fsp3) is 0.176. The van der Waals surface area contributed by atoms with Gasteiger partial charge in [0, 0.05) is 5.69 Å². The minimum atomic E-state index is -3.84. The van der Waals surface area contributed by atoms with Gasteiger partial charge in [0.15, 0.2) is 5.13 Å². The van der Waals surface area contributed by atoms with Gasteiger partial charge >= 0.3 is 5.97 Å². The molecule has 9 heteroatoms. The minimum absolute atomic E-state index is 0.0975. The Balaban J connectivity index is 1.91. The molecular formula is C17H17N3O4S2. The SMILES string of the molecule is CCOC(=O)c1sc(NS(=O)(=O)c2ccc3cc(N)ccc3c2)nc1C. The average Bonchev–Trinajstić information content (AvgIpc) is 2.94. The molecule has 0 fully saturated rings. The lowest BCUT2D eigenvalue weighted by Crippen LogP contribution is -2.12. The largest absolute Gasteiger partial charge is 0.462 e. The fourth-order valence-corrected chi connectivity index (χ4v) is 4.54. The van der Waals surface area contributed by atoms with Crippen LogP contribution >= 0.6 is 11.3 Å². The molecule has 0 radical (unpaired) electrons. The number of rotatable bonds is 5. The maximum absolute atomic E-state index is 12.6. The van der Waals surface area contributed by atoms with Crippen molar-refractivity contribution in [3.63, 3.8) is 0 Å². The summed E-state index contributed by atoms with van der Waals surface area (Å²) < 4.78 is 32.6. The van der Waals surface area contributed by atoms with Crippen LogP contribution in [0.25, 0.3) is 10.8 Å². The number of thiazole rings is 1. The lowest BCUT2D eigenvalue weighted by molar-refractivity contribution is 0.0531. The van der Waals surface area contributed by atoms with Crippen LogP contribution in [0.4, 0.5) is 10.8 Å². The zero-order valence-corrected chi connectivity index (χ0v) is 15.8. The van der Waals surface area contributed by atoms with E-state index in [1.54, 1.807) is 44.2 Å². The van der Waals surface area contributed by atoms with E-state index in [4.69, 9.17) is 10.5 Å². The maximum Gasteiger partial charge on any atom is 0.350 e. The second-order valence-corrected chi connectivity index (χ2v) is 8.21. The van der Waals surface area contributed by atoms with Gasteiger partial charge in [-0.05, 0) is 48.9 Å². The summed E-state index contributed by atoms with van der Waals surface area (Å²) in [5.74, 6) is -0.517. The van der Waals surface area contributed by atoms with Crippen molar-refractivity contribution in [1.29, 1.82) is 0 Å². The van der Waals surface area contributed by atoms with E-state index in [0.29, 0.717) is 11.4 Å². The summed E-state index contributed by atoms with van der Waals surface area (Å²) >= 11 is 0.942. The van der Waals surface area contributed by atoms with Gasteiger partial charge in [-0.15, -0.1) is 0 Å². The van der Waals surface area contributed by atoms with Crippen molar-refractivity contribution in [2.75, 3.05) is 17.1 Å². The molecule has 0 bridgehead atoms. The third-order valence-corrected chi connectivity index (χ3v) is 6.14. The smallest absolute Gasteiger partial charge is 0.350 e. The number of anilines is 2. The number of nitrogens with zero attached hydrogens (tertiary/aromatic N) is 1. The average molecular weight is 391 g/mol. The van der Waals surface area contributed by atoms with Crippen molar-refractivity contribution < 1.29 is 17.9 Å². The first-order valence-corrected chi connectivity index (χ1v) is 10.1. The van der Waals surface area contributed by atoms with Crippen molar-refractivity contribution in [2.24, 2.45) is 0 Å². The summed E-state index contributed by atoms with van der Waals surface area (Å²) in [6.07, 6.45) is 0. The molecule has 1 heterocycles. The molecule has 1 aromatic heterocycles. The molecule has 0 aliphatic heterocycles. The molecule has 0 spiro atoms. The number of esters is 1. The lowest BCUT2D eigenvalue weighted by atomic mass is 10.1. The van der Waals surface area contributed by atoms with Gasteiger partial charge in [0.05, 0.1) is 17.2 Å². The van der Waals surface area contributed by atoms with Crippen LogP contribution in [-0.4, -0.2) is 26.0 Å². The number of sulfonamides is 1. The summed E-state index contributed by atoms with van der Waals surface area (Å²) in [7, 11) is -3.84. The molecule has 2 aromatic carbocycles. The molecule has 0 atom stereocenters. The van der Waals surface area contributed by atoms with Crippen LogP contribution in [0, 0.1) is 6.92 Å². The van der Waals surface area contributed by atoms with Gasteiger partial charge in [0.2, 0.25) is 0 Å². The third kappa shape index (κ3) is 3.63. The normalized spacial score (nSPS) is 11.5. The Bertz CT molecular complexity index is 1090. The van der Waals surface area contributed by atoms with Gasteiger partial charge in [-0.25, -0.2) is 18.2 Å². The molecule has 3 aromatic rings. The summed E-state index contributed by atoms with van der Waals surface area (Å²) in [6.45, 7) is 3.56. The first-order valence-electron chi connectivity index (χ1n) is 7.77. The van der Waals surface area contributed by atoms with E-state index < -0.39 is 16.0 Å². The highest BCUT2D eigenvalue weighted by Crippen LogP contribution is 2.27. The van der Waals surface area contributed by atoms with E-state index in [9.17, 15) is 13.2 Å². The molecule has 3 rings (SSSR count). The molecule has 0 aliphatic carbocycles. The number of aryl methyl sites for hydroxylation is 1. The van der Waals surface area contributed by atoms with Crippen molar-refractivity contribution in [3.8, 4) is 0 Å². The van der Waals surface area contributed by atoms with E-state index in [1.807, 2.05) is 0 Å². The van der Waals surface area contributed by atoms with Crippen LogP contribution in [0.1, 0.15) is 22.3 Å². The number of nitrogens with one attached hydrogen (secondary N) is 1. The van der Waals surface area contributed by atoms with Gasteiger partial charge in [-0.2, -0.15) is 0 Å². The lowest BCUT2D eigenvalue weighted by Gasteiger charge is -2.07. The molecule has 26 heavy (non-hydrogen) atoms. The summed E-state index contributed by atoms with van der Waals surface area (Å²) in [5.41, 5.74) is 6.76. The first-order chi connectivity index (χ1) is 12.3. The Morgan fingerprint density at radius 1 is 1.23 bits per heavy atom. The van der Waals surface area contributed by atoms with Crippen LogP contribution in [0.2, 0.25) is 0 Å². The molecule has 0 amide bonds. The molecule has 0 saturated carbocycles. The van der Waals surface area contributed by atoms with Crippen LogP contribution < -0.4 is 10.5 Å². The Morgan fingerprint density at radius 3 is 2.65 bits per heavy atom. The van der Waals surface area contributed by atoms with E-state index >= 15 is 0 Å². The van der Waals surface area contributed by atoms with E-state index in [-0.39, 0.29) is 21.5 Å². The number of benzene rings is 2. The van der Waals surface area contributed by atoms with Gasteiger partial charge in [0.25, 0.3) is 10.0 Å². The highest BCUT2D eigenvalue weighted by molar-refractivity contribution is 7.93. The van der Waals surface area contributed by atoms with E-state index in [1.165, 1.54) is 6.07 Å². The quantitative estimate of drug-likeness (QED) is 0.510. The third-order valence-electron chi connectivity index (χ3n) is 3.63.